The first-order valence-corrected chi connectivity index (χ1v) is 4.50. The van der Waals surface area contributed by atoms with Gasteiger partial charge in [-0.1, -0.05) is 18.2 Å². The van der Waals surface area contributed by atoms with Crippen molar-refractivity contribution in [2.45, 2.75) is 13.2 Å². The summed E-state index contributed by atoms with van der Waals surface area (Å²) in [5, 5.41) is 0. The number of para-hydroxylation sites is 1. The normalized spacial score (nSPS) is 9.47. The second-order valence-corrected chi connectivity index (χ2v) is 2.95. The standard InChI is InChI=1S/C11H13NO3/c1-14-7-10-5-3-4-9(6-12-8-13)11(10)15-2/h3-5H,6-7H2,1-2H3. The van der Waals surface area contributed by atoms with Crippen LogP contribution in [0.5, 0.6) is 5.75 Å². The molecule has 1 rings (SSSR count). The molecule has 0 aliphatic rings. The molecule has 1 aromatic carbocycles. The van der Waals surface area contributed by atoms with E-state index >= 15 is 0 Å². The van der Waals surface area contributed by atoms with Gasteiger partial charge in [-0.3, -0.25) is 0 Å². The molecule has 0 fully saturated rings. The fourth-order valence-corrected chi connectivity index (χ4v) is 1.41. The van der Waals surface area contributed by atoms with Crippen LogP contribution >= 0.6 is 0 Å². The molecule has 0 atom stereocenters. The topological polar surface area (TPSA) is 47.9 Å². The SMILES string of the molecule is COCc1cccc(CN=C=O)c1OC. The molecule has 0 amide bonds. The van der Waals surface area contributed by atoms with Crippen molar-refractivity contribution >= 4 is 6.08 Å². The highest BCUT2D eigenvalue weighted by atomic mass is 16.5. The van der Waals surface area contributed by atoms with Crippen LogP contribution in [0.25, 0.3) is 0 Å². The molecular formula is C11H13NO3. The van der Waals surface area contributed by atoms with Crippen molar-refractivity contribution in [1.29, 1.82) is 0 Å². The minimum absolute atomic E-state index is 0.282. The van der Waals surface area contributed by atoms with Crippen molar-refractivity contribution in [3.8, 4) is 5.75 Å². The maximum atomic E-state index is 10.0. The Labute approximate surface area is 88.5 Å². The maximum Gasteiger partial charge on any atom is 0.235 e. The maximum absolute atomic E-state index is 10.0. The van der Waals surface area contributed by atoms with Crippen LogP contribution in [0, 0.1) is 0 Å². The second-order valence-electron chi connectivity index (χ2n) is 2.95. The molecule has 0 aromatic heterocycles. The third-order valence-corrected chi connectivity index (χ3v) is 2.00. The Bertz CT molecular complexity index is 370. The van der Waals surface area contributed by atoms with E-state index in [0.29, 0.717) is 6.61 Å². The third kappa shape index (κ3) is 2.91. The Balaban J connectivity index is 3.03. The lowest BCUT2D eigenvalue weighted by molar-refractivity contribution is 0.181. The fourth-order valence-electron chi connectivity index (χ4n) is 1.41. The van der Waals surface area contributed by atoms with Gasteiger partial charge < -0.3 is 9.47 Å². The number of hydrogen-bond acceptors (Lipinski definition) is 4. The zero-order chi connectivity index (χ0) is 11.1. The van der Waals surface area contributed by atoms with Crippen LogP contribution in [0.4, 0.5) is 0 Å². The molecule has 0 spiro atoms. The number of rotatable bonds is 5. The summed E-state index contributed by atoms with van der Waals surface area (Å²) in [6.45, 7) is 0.756. The molecule has 0 aliphatic heterocycles. The number of aliphatic imine (C=N–C) groups is 1. The number of hydrogen-bond donors (Lipinski definition) is 0. The summed E-state index contributed by atoms with van der Waals surface area (Å²) in [5.74, 6) is 0.721. The Kier molecular flexibility index (Phi) is 4.54. The van der Waals surface area contributed by atoms with Gasteiger partial charge in [0, 0.05) is 18.2 Å². The average molecular weight is 207 g/mol. The van der Waals surface area contributed by atoms with E-state index in [1.54, 1.807) is 14.2 Å². The van der Waals surface area contributed by atoms with E-state index in [1.807, 2.05) is 18.2 Å². The Hall–Kier alpha value is -1.64. The first-order chi connectivity index (χ1) is 7.33. The van der Waals surface area contributed by atoms with Gasteiger partial charge in [-0.25, -0.2) is 9.79 Å². The van der Waals surface area contributed by atoms with Crippen LogP contribution in [0.15, 0.2) is 23.2 Å². The monoisotopic (exact) mass is 207 g/mol. The number of isocyanates is 1. The molecule has 0 aliphatic carbocycles. The summed E-state index contributed by atoms with van der Waals surface area (Å²) in [7, 11) is 3.21. The number of ether oxygens (including phenoxy) is 2. The summed E-state index contributed by atoms with van der Waals surface area (Å²) < 4.78 is 10.3. The predicted molar refractivity (Wildman–Crippen MR) is 55.5 cm³/mol. The Morgan fingerprint density at radius 1 is 1.33 bits per heavy atom. The van der Waals surface area contributed by atoms with Gasteiger partial charge in [-0.05, 0) is 0 Å². The third-order valence-electron chi connectivity index (χ3n) is 2.00. The smallest absolute Gasteiger partial charge is 0.235 e. The van der Waals surface area contributed by atoms with Crippen LogP contribution < -0.4 is 4.74 Å². The zero-order valence-corrected chi connectivity index (χ0v) is 8.82. The summed E-state index contributed by atoms with van der Waals surface area (Å²) in [4.78, 5) is 13.6. The summed E-state index contributed by atoms with van der Waals surface area (Å²) in [6, 6.07) is 5.65. The number of benzene rings is 1. The molecule has 4 heteroatoms. The van der Waals surface area contributed by atoms with Gasteiger partial charge in [0.15, 0.2) is 0 Å². The van der Waals surface area contributed by atoms with Crippen LogP contribution in [-0.4, -0.2) is 20.3 Å². The minimum atomic E-state index is 0.282. The second kappa shape index (κ2) is 5.96. The zero-order valence-electron chi connectivity index (χ0n) is 8.82. The highest BCUT2D eigenvalue weighted by Gasteiger charge is 2.07. The van der Waals surface area contributed by atoms with E-state index in [1.165, 1.54) is 6.08 Å². The van der Waals surface area contributed by atoms with Crippen molar-refractivity contribution in [3.05, 3.63) is 29.3 Å². The van der Waals surface area contributed by atoms with Gasteiger partial charge in [-0.2, -0.15) is 0 Å². The Morgan fingerprint density at radius 3 is 2.67 bits per heavy atom. The fraction of sp³-hybridized carbons (Fsp3) is 0.364. The van der Waals surface area contributed by atoms with Crippen LogP contribution in [0.1, 0.15) is 11.1 Å². The van der Waals surface area contributed by atoms with Gasteiger partial charge in [0.05, 0.1) is 20.3 Å². The molecule has 0 radical (unpaired) electrons. The van der Waals surface area contributed by atoms with Crippen molar-refractivity contribution in [3.63, 3.8) is 0 Å². The highest BCUT2D eigenvalue weighted by Crippen LogP contribution is 2.24. The van der Waals surface area contributed by atoms with Crippen molar-refractivity contribution in [2.24, 2.45) is 4.99 Å². The van der Waals surface area contributed by atoms with Crippen LogP contribution in [0.2, 0.25) is 0 Å². The van der Waals surface area contributed by atoms with Gasteiger partial charge in [0.25, 0.3) is 0 Å². The number of methoxy groups -OCH3 is 2. The quantitative estimate of drug-likeness (QED) is 0.545. The molecule has 15 heavy (non-hydrogen) atoms. The lowest BCUT2D eigenvalue weighted by Crippen LogP contribution is -1.98. The first-order valence-electron chi connectivity index (χ1n) is 4.50. The summed E-state index contributed by atoms with van der Waals surface area (Å²) in [6.07, 6.45) is 1.51. The molecule has 0 saturated heterocycles. The summed E-state index contributed by atoms with van der Waals surface area (Å²) in [5.41, 5.74) is 1.80. The van der Waals surface area contributed by atoms with Gasteiger partial charge >= 0.3 is 0 Å². The Morgan fingerprint density at radius 2 is 2.07 bits per heavy atom. The van der Waals surface area contributed by atoms with Gasteiger partial charge in [0.2, 0.25) is 6.08 Å². The molecule has 4 nitrogen and oxygen atoms in total. The van der Waals surface area contributed by atoms with E-state index in [-0.39, 0.29) is 6.54 Å². The van der Waals surface area contributed by atoms with E-state index in [9.17, 15) is 4.79 Å². The molecule has 0 bridgehead atoms. The molecule has 80 valence electrons. The largest absolute Gasteiger partial charge is 0.496 e. The number of carbonyl (C=O) groups excluding carboxylic acids is 1. The first kappa shape index (κ1) is 11.4. The average Bonchev–Trinajstić information content (AvgIpc) is 2.27. The van der Waals surface area contributed by atoms with Crippen LogP contribution in [-0.2, 0) is 22.7 Å². The van der Waals surface area contributed by atoms with Crippen molar-refractivity contribution in [2.75, 3.05) is 14.2 Å². The number of nitrogens with zero attached hydrogens (tertiary/aromatic N) is 1. The van der Waals surface area contributed by atoms with E-state index in [0.717, 1.165) is 16.9 Å². The molecule has 0 N–H and O–H groups in total. The summed E-state index contributed by atoms with van der Waals surface area (Å²) >= 11 is 0. The van der Waals surface area contributed by atoms with Crippen LogP contribution in [0.3, 0.4) is 0 Å². The van der Waals surface area contributed by atoms with Gasteiger partial charge in [-0.15, -0.1) is 0 Å². The van der Waals surface area contributed by atoms with E-state index in [4.69, 9.17) is 9.47 Å². The molecule has 1 aromatic rings. The molecule has 0 unspecified atom stereocenters. The van der Waals surface area contributed by atoms with E-state index in [2.05, 4.69) is 4.99 Å². The minimum Gasteiger partial charge on any atom is -0.496 e. The lowest BCUT2D eigenvalue weighted by Gasteiger charge is -2.11. The predicted octanol–water partition coefficient (Wildman–Crippen LogP) is 1.68. The van der Waals surface area contributed by atoms with Gasteiger partial charge in [0.1, 0.15) is 5.75 Å². The molecule has 0 saturated carbocycles. The molecule has 0 heterocycles. The highest BCUT2D eigenvalue weighted by molar-refractivity contribution is 5.42. The lowest BCUT2D eigenvalue weighted by atomic mass is 10.1. The van der Waals surface area contributed by atoms with Crippen molar-refractivity contribution in [1.82, 2.24) is 0 Å². The van der Waals surface area contributed by atoms with Crippen molar-refractivity contribution < 1.29 is 14.3 Å². The van der Waals surface area contributed by atoms with E-state index < -0.39 is 0 Å². The molecular weight excluding hydrogens is 194 g/mol.